The molecule has 0 aliphatic heterocycles. The molecule has 0 aliphatic carbocycles. The third-order valence-corrected chi connectivity index (χ3v) is 2.40. The maximum absolute atomic E-state index is 5.86. The predicted molar refractivity (Wildman–Crippen MR) is 69.6 cm³/mol. The van der Waals surface area contributed by atoms with Crippen LogP contribution in [-0.4, -0.2) is 18.6 Å². The van der Waals surface area contributed by atoms with Crippen LogP contribution in [0.5, 0.6) is 0 Å². The predicted octanol–water partition coefficient (Wildman–Crippen LogP) is 2.58. The van der Waals surface area contributed by atoms with E-state index >= 15 is 0 Å². The van der Waals surface area contributed by atoms with Gasteiger partial charge in [0, 0.05) is 25.8 Å². The van der Waals surface area contributed by atoms with E-state index in [9.17, 15) is 0 Å². The molecule has 0 aromatic carbocycles. The number of rotatable bonds is 3. The molecule has 0 aliphatic rings. The molecule has 1 rings (SSSR count). The van der Waals surface area contributed by atoms with E-state index in [2.05, 4.69) is 43.8 Å². The molecule has 90 valence electrons. The Hall–Kier alpha value is -1.09. The molecule has 0 spiro atoms. The molecule has 16 heavy (non-hydrogen) atoms. The van der Waals surface area contributed by atoms with Gasteiger partial charge in [-0.3, -0.25) is 0 Å². The zero-order valence-electron chi connectivity index (χ0n) is 11.0. The fraction of sp³-hybridized carbons (Fsp3) is 0.615. The van der Waals surface area contributed by atoms with Crippen molar-refractivity contribution >= 4 is 5.82 Å². The molecule has 0 unspecified atom stereocenters. The Kier molecular flexibility index (Phi) is 3.92. The molecule has 0 fully saturated rings. The first-order chi connectivity index (χ1) is 7.29. The van der Waals surface area contributed by atoms with Gasteiger partial charge in [0.05, 0.1) is 0 Å². The monoisotopic (exact) mass is 221 g/mol. The lowest BCUT2D eigenvalue weighted by Gasteiger charge is -2.27. The number of nitrogens with two attached hydrogens (primary N) is 1. The number of hydrogen-bond acceptors (Lipinski definition) is 3. The lowest BCUT2D eigenvalue weighted by Crippen LogP contribution is -2.29. The summed E-state index contributed by atoms with van der Waals surface area (Å²) in [6.07, 6.45) is 1.83. The van der Waals surface area contributed by atoms with Crippen LogP contribution in [0.2, 0.25) is 0 Å². The smallest absolute Gasteiger partial charge is 0.128 e. The Morgan fingerprint density at radius 3 is 2.56 bits per heavy atom. The maximum atomic E-state index is 5.86. The van der Waals surface area contributed by atoms with E-state index in [1.54, 1.807) is 0 Å². The van der Waals surface area contributed by atoms with Crippen LogP contribution in [0.4, 0.5) is 5.82 Å². The molecule has 3 nitrogen and oxygen atoms in total. The van der Waals surface area contributed by atoms with Crippen LogP contribution in [0.1, 0.15) is 39.3 Å². The second kappa shape index (κ2) is 4.83. The van der Waals surface area contributed by atoms with Crippen LogP contribution in [0, 0.1) is 5.41 Å². The van der Waals surface area contributed by atoms with Gasteiger partial charge in [-0.25, -0.2) is 4.98 Å². The first-order valence-electron chi connectivity index (χ1n) is 5.72. The van der Waals surface area contributed by atoms with Gasteiger partial charge < -0.3 is 10.6 Å². The quantitative estimate of drug-likeness (QED) is 0.853. The summed E-state index contributed by atoms with van der Waals surface area (Å²) < 4.78 is 0. The second-order valence-electron chi connectivity index (χ2n) is 5.65. The molecule has 3 heteroatoms. The molecule has 1 aromatic heterocycles. The minimum atomic E-state index is 0.0600. The highest BCUT2D eigenvalue weighted by Gasteiger charge is 2.15. The van der Waals surface area contributed by atoms with Crippen molar-refractivity contribution in [2.45, 2.75) is 33.7 Å². The molecule has 0 amide bonds. The molecule has 2 N–H and O–H groups in total. The van der Waals surface area contributed by atoms with Gasteiger partial charge in [-0.2, -0.15) is 0 Å². The minimum Gasteiger partial charge on any atom is -0.359 e. The Bertz CT molecular complexity index is 339. The number of pyridine rings is 1. The fourth-order valence-corrected chi connectivity index (χ4v) is 1.72. The van der Waals surface area contributed by atoms with Gasteiger partial charge in [-0.1, -0.05) is 20.8 Å². The van der Waals surface area contributed by atoms with Crippen molar-refractivity contribution in [2.75, 3.05) is 18.5 Å². The first-order valence-corrected chi connectivity index (χ1v) is 5.72. The van der Waals surface area contributed by atoms with Crippen LogP contribution in [0.15, 0.2) is 18.3 Å². The van der Waals surface area contributed by atoms with Crippen LogP contribution in [-0.2, 0) is 0 Å². The summed E-state index contributed by atoms with van der Waals surface area (Å²) in [5.41, 5.74) is 7.26. The molecular formula is C13H23N3. The number of anilines is 1. The Labute approximate surface area is 98.7 Å². The topological polar surface area (TPSA) is 42.1 Å². The molecule has 1 aromatic rings. The number of hydrogen-bond donors (Lipinski definition) is 1. The summed E-state index contributed by atoms with van der Waals surface area (Å²) in [7, 11) is 2.07. The molecule has 0 saturated carbocycles. The Morgan fingerprint density at radius 2 is 2.06 bits per heavy atom. The lowest BCUT2D eigenvalue weighted by molar-refractivity contribution is 0.418. The van der Waals surface area contributed by atoms with E-state index in [0.717, 1.165) is 17.9 Å². The normalized spacial score (nSPS) is 13.6. The molecule has 0 bridgehead atoms. The highest BCUT2D eigenvalue weighted by molar-refractivity contribution is 5.41. The Morgan fingerprint density at radius 1 is 1.44 bits per heavy atom. The van der Waals surface area contributed by atoms with E-state index in [4.69, 9.17) is 5.73 Å². The first kappa shape index (κ1) is 13.0. The van der Waals surface area contributed by atoms with Crippen LogP contribution in [0.3, 0.4) is 0 Å². The van der Waals surface area contributed by atoms with Crippen molar-refractivity contribution in [1.29, 1.82) is 0 Å². The van der Waals surface area contributed by atoms with Gasteiger partial charge in [0.15, 0.2) is 0 Å². The average Bonchev–Trinajstić information content (AvgIpc) is 2.15. The molecule has 1 heterocycles. The highest BCUT2D eigenvalue weighted by Crippen LogP contribution is 2.20. The fourth-order valence-electron chi connectivity index (χ4n) is 1.72. The summed E-state index contributed by atoms with van der Waals surface area (Å²) >= 11 is 0. The number of aromatic nitrogens is 1. The van der Waals surface area contributed by atoms with Gasteiger partial charge in [0.25, 0.3) is 0 Å². The van der Waals surface area contributed by atoms with E-state index < -0.39 is 0 Å². The van der Waals surface area contributed by atoms with E-state index in [1.165, 1.54) is 0 Å². The van der Waals surface area contributed by atoms with Gasteiger partial charge in [-0.15, -0.1) is 0 Å². The summed E-state index contributed by atoms with van der Waals surface area (Å²) in [5.74, 6) is 0.990. The van der Waals surface area contributed by atoms with Crippen molar-refractivity contribution in [1.82, 2.24) is 4.98 Å². The molecule has 0 saturated heterocycles. The van der Waals surface area contributed by atoms with Crippen molar-refractivity contribution in [3.63, 3.8) is 0 Å². The minimum absolute atomic E-state index is 0.0600. The van der Waals surface area contributed by atoms with Gasteiger partial charge >= 0.3 is 0 Å². The second-order valence-corrected chi connectivity index (χ2v) is 5.65. The maximum Gasteiger partial charge on any atom is 0.128 e. The summed E-state index contributed by atoms with van der Waals surface area (Å²) in [4.78, 5) is 6.55. The van der Waals surface area contributed by atoms with Crippen molar-refractivity contribution in [3.8, 4) is 0 Å². The van der Waals surface area contributed by atoms with Gasteiger partial charge in [-0.05, 0) is 30.0 Å². The van der Waals surface area contributed by atoms with Crippen LogP contribution >= 0.6 is 0 Å². The number of nitrogens with zero attached hydrogens (tertiary/aromatic N) is 2. The van der Waals surface area contributed by atoms with Crippen molar-refractivity contribution < 1.29 is 0 Å². The summed E-state index contributed by atoms with van der Waals surface area (Å²) in [5, 5.41) is 0. The third-order valence-electron chi connectivity index (χ3n) is 2.40. The largest absolute Gasteiger partial charge is 0.359 e. The van der Waals surface area contributed by atoms with E-state index in [0.29, 0.717) is 0 Å². The molecule has 1 atom stereocenters. The molecular weight excluding hydrogens is 198 g/mol. The summed E-state index contributed by atoms with van der Waals surface area (Å²) in [6.45, 7) is 9.63. The SMILES string of the molecule is C[C@@H](N)c1ccnc(N(C)CC(C)(C)C)c1. The van der Waals surface area contributed by atoms with E-state index in [1.807, 2.05) is 19.2 Å². The average molecular weight is 221 g/mol. The van der Waals surface area contributed by atoms with E-state index in [-0.39, 0.29) is 11.5 Å². The van der Waals surface area contributed by atoms with Crippen LogP contribution in [0.25, 0.3) is 0 Å². The van der Waals surface area contributed by atoms with Crippen LogP contribution < -0.4 is 10.6 Å². The van der Waals surface area contributed by atoms with Gasteiger partial charge in [0.2, 0.25) is 0 Å². The lowest BCUT2D eigenvalue weighted by atomic mass is 9.96. The zero-order valence-corrected chi connectivity index (χ0v) is 11.0. The molecule has 0 radical (unpaired) electrons. The standard InChI is InChI=1S/C13H23N3/c1-10(14)11-6-7-15-12(8-11)16(5)9-13(2,3)4/h6-8,10H,9,14H2,1-5H3/t10-/m1/s1. The van der Waals surface area contributed by atoms with Crippen molar-refractivity contribution in [2.24, 2.45) is 11.1 Å². The summed E-state index contributed by atoms with van der Waals surface area (Å²) in [6, 6.07) is 4.10. The van der Waals surface area contributed by atoms with Crippen molar-refractivity contribution in [3.05, 3.63) is 23.9 Å². The third kappa shape index (κ3) is 3.81. The van der Waals surface area contributed by atoms with Gasteiger partial charge in [0.1, 0.15) is 5.82 Å². The highest BCUT2D eigenvalue weighted by atomic mass is 15.2. The Balaban J connectivity index is 2.83. The zero-order chi connectivity index (χ0) is 12.3.